The van der Waals surface area contributed by atoms with Crippen molar-refractivity contribution in [1.82, 2.24) is 0 Å². The van der Waals surface area contributed by atoms with E-state index in [0.29, 0.717) is 5.92 Å². The van der Waals surface area contributed by atoms with E-state index >= 15 is 0 Å². The number of nitrogens with one attached hydrogen (secondary N) is 2. The Labute approximate surface area is 115 Å². The first-order chi connectivity index (χ1) is 7.11. The van der Waals surface area contributed by atoms with E-state index in [4.69, 9.17) is 5.41 Å². The molecule has 82 valence electrons. The van der Waals surface area contributed by atoms with Crippen molar-refractivity contribution in [1.29, 1.82) is 5.41 Å². The molecule has 0 aromatic heterocycles. The van der Waals surface area contributed by atoms with Crippen LogP contribution in [-0.2, 0) is 0 Å². The second kappa shape index (κ2) is 6.10. The molecule has 1 rings (SSSR count). The van der Waals surface area contributed by atoms with Crippen molar-refractivity contribution in [3.05, 3.63) is 27.7 Å². The van der Waals surface area contributed by atoms with Crippen LogP contribution in [0.1, 0.15) is 30.9 Å². The molecule has 0 heterocycles. The van der Waals surface area contributed by atoms with Gasteiger partial charge in [-0.2, -0.15) is 0 Å². The minimum Gasteiger partial charge on any atom is -0.320 e. The second-order valence-corrected chi connectivity index (χ2v) is 5.88. The highest BCUT2D eigenvalue weighted by Gasteiger charge is 2.11. The maximum atomic E-state index is 7.43. The Kier molecular flexibility index (Phi) is 5.42. The van der Waals surface area contributed by atoms with Crippen molar-refractivity contribution in [3.8, 4) is 0 Å². The van der Waals surface area contributed by atoms with Gasteiger partial charge in [0, 0.05) is 46.6 Å². The lowest BCUT2D eigenvalue weighted by Gasteiger charge is -2.14. The zero-order chi connectivity index (χ0) is 11.4. The van der Waals surface area contributed by atoms with Gasteiger partial charge in [-0.3, -0.25) is 0 Å². The van der Waals surface area contributed by atoms with Gasteiger partial charge in [-0.15, -0.1) is 0 Å². The largest absolute Gasteiger partial charge is 0.320 e. The molecule has 0 saturated heterocycles. The lowest BCUT2D eigenvalue weighted by Crippen LogP contribution is -1.98. The minimum atomic E-state index is 0.458. The highest BCUT2D eigenvalue weighted by Crippen LogP contribution is 2.33. The zero-order valence-electron chi connectivity index (χ0n) is 8.47. The summed E-state index contributed by atoms with van der Waals surface area (Å²) in [5, 5.41) is 7.43. The predicted octanol–water partition coefficient (Wildman–Crippen LogP) is 4.98. The molecule has 0 amide bonds. The summed E-state index contributed by atoms with van der Waals surface area (Å²) in [6, 6.07) is 4.11. The van der Waals surface area contributed by atoms with Crippen molar-refractivity contribution < 1.29 is 0 Å². The fraction of sp³-hybridized carbons (Fsp3) is 0.300. The van der Waals surface area contributed by atoms with Gasteiger partial charge in [-0.25, -0.2) is 0 Å². The lowest BCUT2D eigenvalue weighted by molar-refractivity contribution is 0.861. The summed E-state index contributed by atoms with van der Waals surface area (Å²) < 4.78 is 4.17. The number of hydrogen-bond acceptors (Lipinski definition) is 3. The molecule has 0 radical (unpaired) electrons. The van der Waals surface area contributed by atoms with Crippen molar-refractivity contribution in [2.45, 2.75) is 19.8 Å². The monoisotopic (exact) mass is 398 g/mol. The third kappa shape index (κ3) is 3.10. The quantitative estimate of drug-likeness (QED) is 0.426. The average Bonchev–Trinajstić information content (AvgIpc) is 2.18. The zero-order valence-corrected chi connectivity index (χ0v) is 13.0. The summed E-state index contributed by atoms with van der Waals surface area (Å²) in [5.41, 5.74) is 3.11. The molecule has 0 unspecified atom stereocenters. The van der Waals surface area contributed by atoms with Gasteiger partial charge in [0.1, 0.15) is 0 Å². The second-order valence-electron chi connectivity index (χ2n) is 3.41. The highest BCUT2D eigenvalue weighted by atomic mass is 127. The van der Waals surface area contributed by atoms with E-state index in [1.54, 1.807) is 0 Å². The molecule has 1 aromatic carbocycles. The number of benzene rings is 1. The fourth-order valence-electron chi connectivity index (χ4n) is 1.33. The molecule has 0 aliphatic heterocycles. The van der Waals surface area contributed by atoms with Crippen LogP contribution in [0.25, 0.3) is 0 Å². The van der Waals surface area contributed by atoms with Crippen LogP contribution in [0.2, 0.25) is 0 Å². The molecule has 1 aromatic rings. The third-order valence-electron chi connectivity index (χ3n) is 2.12. The summed E-state index contributed by atoms with van der Waals surface area (Å²) >= 11 is 5.73. The average molecular weight is 399 g/mol. The number of hydrogen-bond donors (Lipinski definition) is 2. The predicted molar refractivity (Wildman–Crippen MR) is 81.4 cm³/mol. The Bertz CT molecular complexity index is 369. The summed E-state index contributed by atoms with van der Waals surface area (Å²) in [4.78, 5) is 0. The topological polar surface area (TPSA) is 35.9 Å². The van der Waals surface area contributed by atoms with Gasteiger partial charge in [0.25, 0.3) is 0 Å². The highest BCUT2D eigenvalue weighted by molar-refractivity contribution is 14.2. The molecule has 0 aliphatic rings. The Morgan fingerprint density at radius 2 is 2.20 bits per heavy atom. The molecule has 2 N–H and O–H groups in total. The van der Waals surface area contributed by atoms with Gasteiger partial charge in [-0.1, -0.05) is 19.9 Å². The van der Waals surface area contributed by atoms with E-state index < -0.39 is 0 Å². The molecular formula is C10H12BrIN2S. The lowest BCUT2D eigenvalue weighted by atomic mass is 10.0. The van der Waals surface area contributed by atoms with Gasteiger partial charge in [0.15, 0.2) is 0 Å². The van der Waals surface area contributed by atoms with Crippen LogP contribution in [0.15, 0.2) is 16.6 Å². The van der Waals surface area contributed by atoms with Crippen molar-refractivity contribution in [2.24, 2.45) is 0 Å². The van der Waals surface area contributed by atoms with E-state index in [0.717, 1.165) is 15.7 Å². The minimum absolute atomic E-state index is 0.458. The first-order valence-electron chi connectivity index (χ1n) is 4.48. The Balaban J connectivity index is 3.25. The molecule has 5 heteroatoms. The van der Waals surface area contributed by atoms with Gasteiger partial charge in [0.2, 0.25) is 0 Å². The Hall–Kier alpha value is 0.250. The van der Waals surface area contributed by atoms with Gasteiger partial charge < -0.3 is 10.1 Å². The number of anilines is 1. The summed E-state index contributed by atoms with van der Waals surface area (Å²) in [7, 11) is 1.50. The molecule has 0 spiro atoms. The molecule has 0 atom stereocenters. The molecular weight excluding hydrogens is 387 g/mol. The molecule has 0 fully saturated rings. The SMILES string of the molecule is CC(C)c1ccc(NSI)c(C=N)c1Br. The maximum Gasteiger partial charge on any atom is 0.0546 e. The van der Waals surface area contributed by atoms with E-state index in [9.17, 15) is 0 Å². The van der Waals surface area contributed by atoms with Crippen molar-refractivity contribution in [3.63, 3.8) is 0 Å². The normalized spacial score (nSPS) is 10.5. The summed E-state index contributed by atoms with van der Waals surface area (Å²) in [6.45, 7) is 4.29. The van der Waals surface area contributed by atoms with Crippen LogP contribution in [0.4, 0.5) is 5.69 Å². The standard InChI is InChI=1S/C10H12BrIN2S/c1-6(2)7-3-4-9(14-15-12)8(5-13)10(7)11/h3-6,13-14H,1-2H3. The van der Waals surface area contributed by atoms with E-state index in [-0.39, 0.29) is 0 Å². The maximum absolute atomic E-state index is 7.43. The van der Waals surface area contributed by atoms with Gasteiger partial charge >= 0.3 is 0 Å². The van der Waals surface area contributed by atoms with Crippen LogP contribution in [-0.4, -0.2) is 6.21 Å². The first kappa shape index (κ1) is 13.3. The van der Waals surface area contributed by atoms with Crippen molar-refractivity contribution >= 4 is 58.2 Å². The molecule has 15 heavy (non-hydrogen) atoms. The van der Waals surface area contributed by atoms with Gasteiger partial charge in [0.05, 0.1) is 5.69 Å². The van der Waals surface area contributed by atoms with E-state index in [2.05, 4.69) is 61.8 Å². The van der Waals surface area contributed by atoms with Crippen LogP contribution < -0.4 is 4.72 Å². The van der Waals surface area contributed by atoms with Crippen LogP contribution >= 0.6 is 46.3 Å². The third-order valence-corrected chi connectivity index (χ3v) is 3.97. The van der Waals surface area contributed by atoms with Crippen molar-refractivity contribution in [2.75, 3.05) is 4.72 Å². The van der Waals surface area contributed by atoms with Crippen LogP contribution in [0.5, 0.6) is 0 Å². The molecule has 0 aliphatic carbocycles. The fourth-order valence-corrected chi connectivity index (χ4v) is 3.22. The van der Waals surface area contributed by atoms with Gasteiger partial charge in [-0.05, 0) is 33.5 Å². The molecule has 0 saturated carbocycles. The van der Waals surface area contributed by atoms with Crippen LogP contribution in [0.3, 0.4) is 0 Å². The molecule has 0 bridgehead atoms. The molecule has 2 nitrogen and oxygen atoms in total. The summed E-state index contributed by atoms with van der Waals surface area (Å²) in [5.74, 6) is 0.458. The number of halogens is 2. The van der Waals surface area contributed by atoms with Crippen LogP contribution in [0, 0.1) is 5.41 Å². The Morgan fingerprint density at radius 1 is 1.53 bits per heavy atom. The Morgan fingerprint density at radius 3 is 2.67 bits per heavy atom. The smallest absolute Gasteiger partial charge is 0.0546 e. The van der Waals surface area contributed by atoms with E-state index in [1.807, 2.05) is 6.07 Å². The van der Waals surface area contributed by atoms with E-state index in [1.165, 1.54) is 20.9 Å². The first-order valence-corrected chi connectivity index (χ1v) is 8.63. The summed E-state index contributed by atoms with van der Waals surface area (Å²) in [6.07, 6.45) is 1.38. The number of rotatable bonds is 4.